The van der Waals surface area contributed by atoms with Crippen molar-refractivity contribution in [2.45, 2.75) is 25.6 Å². The summed E-state index contributed by atoms with van der Waals surface area (Å²) in [6, 6.07) is 15.3. The topological polar surface area (TPSA) is 70.7 Å². The molecule has 2 aromatic carbocycles. The number of amides is 2. The molecule has 31 heavy (non-hydrogen) atoms. The van der Waals surface area contributed by atoms with Crippen LogP contribution in [-0.2, 0) is 14.3 Å². The first-order valence-corrected chi connectivity index (χ1v) is 10.7. The average molecular weight is 434 g/mol. The van der Waals surface area contributed by atoms with Gasteiger partial charge in [-0.25, -0.2) is 4.90 Å². The van der Waals surface area contributed by atoms with E-state index in [1.165, 1.54) is 10.5 Å². The first-order valence-electron chi connectivity index (χ1n) is 10.3. The summed E-state index contributed by atoms with van der Waals surface area (Å²) in [6.45, 7) is 4.30. The van der Waals surface area contributed by atoms with Crippen molar-refractivity contribution in [3.8, 4) is 0 Å². The molecule has 3 aliphatic rings. The summed E-state index contributed by atoms with van der Waals surface area (Å²) in [5.74, 6) is -1.48. The van der Waals surface area contributed by atoms with Crippen LogP contribution in [-0.4, -0.2) is 35.2 Å². The van der Waals surface area contributed by atoms with Gasteiger partial charge in [-0.3, -0.25) is 9.59 Å². The molecule has 3 aliphatic heterocycles. The van der Waals surface area contributed by atoms with Gasteiger partial charge in [0.25, 0.3) is 0 Å². The molecule has 7 heteroatoms. The van der Waals surface area contributed by atoms with Crippen molar-refractivity contribution in [2.24, 2.45) is 11.8 Å². The highest BCUT2D eigenvalue weighted by atomic mass is 32.1. The van der Waals surface area contributed by atoms with Crippen molar-refractivity contribution in [1.82, 2.24) is 5.32 Å². The van der Waals surface area contributed by atoms with E-state index in [1.54, 1.807) is 0 Å². The predicted octanol–water partition coefficient (Wildman–Crippen LogP) is 3.10. The van der Waals surface area contributed by atoms with Crippen LogP contribution in [0.25, 0.3) is 0 Å². The predicted molar refractivity (Wildman–Crippen MR) is 123 cm³/mol. The number of ether oxygens (including phenoxy) is 1. The number of thiocarbonyl (C=S) groups is 1. The lowest BCUT2D eigenvalue weighted by molar-refractivity contribution is -0.126. The van der Waals surface area contributed by atoms with Crippen molar-refractivity contribution >= 4 is 40.5 Å². The third-order valence-corrected chi connectivity index (χ3v) is 6.53. The second kappa shape index (κ2) is 7.28. The number of nitrogens with zero attached hydrogens (tertiary/aromatic N) is 1. The van der Waals surface area contributed by atoms with Gasteiger partial charge in [0.05, 0.1) is 30.2 Å². The fourth-order valence-corrected chi connectivity index (χ4v) is 4.88. The first-order chi connectivity index (χ1) is 14.9. The normalized spacial score (nSPS) is 28.2. The number of imide groups is 1. The van der Waals surface area contributed by atoms with Gasteiger partial charge in [-0.2, -0.15) is 0 Å². The Morgan fingerprint density at radius 3 is 2.35 bits per heavy atom. The molecular formula is C24H23N3O3S. The standard InChI is InChI=1S/C24H23N3O3S/c1-14-3-7-16(8-4-14)26-23(31)25-13-24-12-11-18(30-24)19-20(24)22(29)27(21(19)28)17-9-5-15(2)6-10-17/h3-12,18-20H,13H2,1-2H3,(H2,25,26,31)/t18-,19+,20-,24-/m1/s1. The van der Waals surface area contributed by atoms with Gasteiger partial charge in [-0.15, -0.1) is 0 Å². The van der Waals surface area contributed by atoms with Crippen molar-refractivity contribution < 1.29 is 14.3 Å². The van der Waals surface area contributed by atoms with E-state index >= 15 is 0 Å². The Morgan fingerprint density at radius 2 is 1.68 bits per heavy atom. The van der Waals surface area contributed by atoms with E-state index in [0.29, 0.717) is 17.3 Å². The fourth-order valence-electron chi connectivity index (χ4n) is 4.69. The Balaban J connectivity index is 1.33. The zero-order chi connectivity index (χ0) is 21.8. The average Bonchev–Trinajstić information content (AvgIpc) is 3.40. The van der Waals surface area contributed by atoms with Crippen LogP contribution in [0.2, 0.25) is 0 Å². The molecule has 0 unspecified atom stereocenters. The van der Waals surface area contributed by atoms with Crippen LogP contribution in [0.5, 0.6) is 0 Å². The highest BCUT2D eigenvalue weighted by Crippen LogP contribution is 2.52. The number of anilines is 2. The van der Waals surface area contributed by atoms with E-state index < -0.39 is 23.5 Å². The Morgan fingerprint density at radius 1 is 1.03 bits per heavy atom. The number of fused-ring (bicyclic) bond motifs is 5. The number of carbonyl (C=O) groups is 2. The zero-order valence-corrected chi connectivity index (χ0v) is 18.1. The Labute approximate surface area is 186 Å². The maximum Gasteiger partial charge on any atom is 0.241 e. The fraction of sp³-hybridized carbons (Fsp3) is 0.292. The highest BCUT2D eigenvalue weighted by molar-refractivity contribution is 7.80. The van der Waals surface area contributed by atoms with Crippen LogP contribution in [0.1, 0.15) is 11.1 Å². The summed E-state index contributed by atoms with van der Waals surface area (Å²) in [7, 11) is 0. The summed E-state index contributed by atoms with van der Waals surface area (Å²) < 4.78 is 6.16. The van der Waals surface area contributed by atoms with E-state index in [1.807, 2.05) is 74.5 Å². The molecule has 5 rings (SSSR count). The molecule has 0 radical (unpaired) electrons. The molecule has 3 heterocycles. The molecule has 0 aromatic heterocycles. The van der Waals surface area contributed by atoms with Crippen molar-refractivity contribution in [1.29, 1.82) is 0 Å². The van der Waals surface area contributed by atoms with Crippen LogP contribution in [0, 0.1) is 25.7 Å². The lowest BCUT2D eigenvalue weighted by Gasteiger charge is -2.29. The van der Waals surface area contributed by atoms with Crippen LogP contribution in [0.15, 0.2) is 60.7 Å². The van der Waals surface area contributed by atoms with Crippen molar-refractivity contribution in [2.75, 3.05) is 16.8 Å². The largest absolute Gasteiger partial charge is 0.360 e. The van der Waals surface area contributed by atoms with Gasteiger partial charge >= 0.3 is 0 Å². The maximum atomic E-state index is 13.4. The molecule has 0 saturated carbocycles. The van der Waals surface area contributed by atoms with Crippen molar-refractivity contribution in [3.63, 3.8) is 0 Å². The number of rotatable bonds is 4. The van der Waals surface area contributed by atoms with Gasteiger partial charge in [-0.05, 0) is 50.3 Å². The number of carbonyl (C=O) groups excluding carboxylic acids is 2. The molecule has 2 fully saturated rings. The lowest BCUT2D eigenvalue weighted by Crippen LogP contribution is -2.49. The highest BCUT2D eigenvalue weighted by Gasteiger charge is 2.67. The molecule has 2 N–H and O–H groups in total. The molecule has 4 atom stereocenters. The summed E-state index contributed by atoms with van der Waals surface area (Å²) in [6.07, 6.45) is 3.41. The summed E-state index contributed by atoms with van der Waals surface area (Å²) in [5.41, 5.74) is 2.83. The number of aryl methyl sites for hydroxylation is 2. The monoisotopic (exact) mass is 433 g/mol. The van der Waals surface area contributed by atoms with Crippen LogP contribution < -0.4 is 15.5 Å². The minimum Gasteiger partial charge on any atom is -0.360 e. The molecule has 0 aliphatic carbocycles. The number of hydrogen-bond donors (Lipinski definition) is 2. The van der Waals surface area contributed by atoms with Crippen LogP contribution in [0.4, 0.5) is 11.4 Å². The first kappa shape index (κ1) is 19.9. The second-order valence-electron chi connectivity index (χ2n) is 8.42. The third kappa shape index (κ3) is 3.25. The molecule has 158 valence electrons. The van der Waals surface area contributed by atoms with Gasteiger partial charge < -0.3 is 15.4 Å². The molecule has 2 amide bonds. The third-order valence-electron chi connectivity index (χ3n) is 6.28. The molecular weight excluding hydrogens is 410 g/mol. The SMILES string of the molecule is Cc1ccc(NC(=S)NC[C@@]23C=C[C@@H](O2)[C@@H]2C(=O)N(c4ccc(C)cc4)C(=O)[C@@H]23)cc1. The summed E-state index contributed by atoms with van der Waals surface area (Å²) >= 11 is 5.43. The minimum absolute atomic E-state index is 0.199. The number of benzene rings is 2. The Kier molecular flexibility index (Phi) is 4.68. The second-order valence-corrected chi connectivity index (χ2v) is 8.83. The lowest BCUT2D eigenvalue weighted by atomic mass is 9.77. The zero-order valence-electron chi connectivity index (χ0n) is 17.3. The molecule has 2 saturated heterocycles. The van der Waals surface area contributed by atoms with Crippen LogP contribution in [0.3, 0.4) is 0 Å². The molecule has 2 bridgehead atoms. The molecule has 0 spiro atoms. The van der Waals surface area contributed by atoms with Crippen molar-refractivity contribution in [3.05, 3.63) is 71.8 Å². The van der Waals surface area contributed by atoms with E-state index in [2.05, 4.69) is 10.6 Å². The van der Waals surface area contributed by atoms with Crippen LogP contribution >= 0.6 is 12.2 Å². The van der Waals surface area contributed by atoms with Gasteiger partial charge in [0.15, 0.2) is 5.11 Å². The quantitative estimate of drug-likeness (QED) is 0.439. The Hall–Kier alpha value is -3.03. The minimum atomic E-state index is -0.888. The molecule has 2 aromatic rings. The number of nitrogens with one attached hydrogen (secondary N) is 2. The summed E-state index contributed by atoms with van der Waals surface area (Å²) in [4.78, 5) is 27.8. The van der Waals surface area contributed by atoms with E-state index in [0.717, 1.165) is 11.3 Å². The van der Waals surface area contributed by atoms with E-state index in [4.69, 9.17) is 17.0 Å². The summed E-state index contributed by atoms with van der Waals surface area (Å²) in [5, 5.41) is 6.76. The van der Waals surface area contributed by atoms with E-state index in [9.17, 15) is 9.59 Å². The van der Waals surface area contributed by atoms with Gasteiger partial charge in [0.2, 0.25) is 11.8 Å². The number of hydrogen-bond acceptors (Lipinski definition) is 4. The van der Waals surface area contributed by atoms with E-state index in [-0.39, 0.29) is 11.8 Å². The smallest absolute Gasteiger partial charge is 0.241 e. The van der Waals surface area contributed by atoms with Gasteiger partial charge in [-0.1, -0.05) is 47.5 Å². The Bertz CT molecular complexity index is 1100. The van der Waals surface area contributed by atoms with Gasteiger partial charge in [0, 0.05) is 5.69 Å². The maximum absolute atomic E-state index is 13.4. The molecule has 6 nitrogen and oxygen atoms in total. The van der Waals surface area contributed by atoms with Gasteiger partial charge in [0.1, 0.15) is 5.60 Å².